The fourth-order valence-corrected chi connectivity index (χ4v) is 4.09. The van der Waals surface area contributed by atoms with Crippen LogP contribution in [0.5, 0.6) is 5.75 Å². The van der Waals surface area contributed by atoms with E-state index < -0.39 is 0 Å². The molecule has 6 nitrogen and oxygen atoms in total. The Labute approximate surface area is 166 Å². The molecule has 7 heteroatoms. The first-order valence-electron chi connectivity index (χ1n) is 9.71. The summed E-state index contributed by atoms with van der Waals surface area (Å²) in [5, 5.41) is 6.25. The lowest BCUT2D eigenvalue weighted by Crippen LogP contribution is -2.55. The Morgan fingerprint density at radius 3 is 2.85 bits per heavy atom. The lowest BCUT2D eigenvalue weighted by Gasteiger charge is -2.40. The van der Waals surface area contributed by atoms with Crippen LogP contribution < -0.4 is 15.4 Å². The summed E-state index contributed by atoms with van der Waals surface area (Å²) >= 11 is 0. The number of hydrogen-bond donors (Lipinski definition) is 2. The van der Waals surface area contributed by atoms with Gasteiger partial charge in [-0.05, 0) is 62.0 Å². The molecule has 0 aliphatic carbocycles. The highest BCUT2D eigenvalue weighted by Gasteiger charge is 2.37. The van der Waals surface area contributed by atoms with Crippen LogP contribution in [0, 0.1) is 11.8 Å². The molecule has 2 amide bonds. The third kappa shape index (κ3) is 4.06. The molecule has 0 bridgehead atoms. The van der Waals surface area contributed by atoms with Gasteiger partial charge in [0.05, 0.1) is 6.61 Å². The minimum Gasteiger partial charge on any atom is -0.493 e. The molecule has 148 valence electrons. The number of nitrogens with one attached hydrogen (secondary N) is 2. The van der Waals surface area contributed by atoms with Crippen molar-refractivity contribution in [2.75, 3.05) is 31.6 Å². The van der Waals surface area contributed by atoms with Gasteiger partial charge in [0, 0.05) is 24.6 Å². The maximum absolute atomic E-state index is 13.0. The van der Waals surface area contributed by atoms with E-state index in [0.717, 1.165) is 55.8 Å². The minimum absolute atomic E-state index is 0. The van der Waals surface area contributed by atoms with Gasteiger partial charge in [-0.15, -0.1) is 12.4 Å². The van der Waals surface area contributed by atoms with Gasteiger partial charge in [0.2, 0.25) is 11.8 Å². The Morgan fingerprint density at radius 1 is 1.30 bits per heavy atom. The second kappa shape index (κ2) is 8.48. The minimum atomic E-state index is -0.365. The zero-order valence-corrected chi connectivity index (χ0v) is 16.5. The average molecular weight is 394 g/mol. The van der Waals surface area contributed by atoms with Crippen LogP contribution in [0.4, 0.5) is 5.69 Å². The highest BCUT2D eigenvalue weighted by molar-refractivity contribution is 5.97. The van der Waals surface area contributed by atoms with Crippen molar-refractivity contribution in [3.8, 4) is 5.75 Å². The molecule has 3 aliphatic rings. The number of ether oxygens (including phenoxy) is 1. The second-order valence-corrected chi connectivity index (χ2v) is 7.66. The first-order valence-corrected chi connectivity index (χ1v) is 9.71. The van der Waals surface area contributed by atoms with Crippen molar-refractivity contribution in [1.82, 2.24) is 10.2 Å². The number of halogens is 1. The first kappa shape index (κ1) is 20.0. The fraction of sp³-hybridized carbons (Fsp3) is 0.600. The van der Waals surface area contributed by atoms with E-state index in [0.29, 0.717) is 19.1 Å². The number of carbonyl (C=O) groups excluding carboxylic acids is 2. The molecular formula is C20H28ClN3O3. The predicted octanol–water partition coefficient (Wildman–Crippen LogP) is 2.22. The molecule has 0 radical (unpaired) electrons. The Hall–Kier alpha value is -1.79. The summed E-state index contributed by atoms with van der Waals surface area (Å²) in [6, 6.07) is 5.40. The van der Waals surface area contributed by atoms with Gasteiger partial charge in [-0.25, -0.2) is 0 Å². The Morgan fingerprint density at radius 2 is 2.11 bits per heavy atom. The van der Waals surface area contributed by atoms with Gasteiger partial charge in [-0.1, -0.05) is 6.92 Å². The molecule has 3 heterocycles. The number of likely N-dealkylation sites (tertiary alicyclic amines) is 1. The van der Waals surface area contributed by atoms with Gasteiger partial charge in [-0.2, -0.15) is 0 Å². The van der Waals surface area contributed by atoms with Crippen LogP contribution in [0.2, 0.25) is 0 Å². The average Bonchev–Trinajstić information content (AvgIpc) is 3.07. The molecule has 1 aromatic rings. The van der Waals surface area contributed by atoms with Crippen LogP contribution in [0.3, 0.4) is 0 Å². The van der Waals surface area contributed by atoms with Crippen molar-refractivity contribution in [3.63, 3.8) is 0 Å². The summed E-state index contributed by atoms with van der Waals surface area (Å²) in [4.78, 5) is 27.7. The molecule has 0 aromatic heterocycles. The highest BCUT2D eigenvalue weighted by atomic mass is 35.5. The summed E-state index contributed by atoms with van der Waals surface area (Å²) in [6.45, 7) is 5.17. The summed E-state index contributed by atoms with van der Waals surface area (Å²) < 4.78 is 5.52. The number of hydrogen-bond acceptors (Lipinski definition) is 4. The quantitative estimate of drug-likeness (QED) is 0.822. The second-order valence-electron chi connectivity index (χ2n) is 7.66. The zero-order valence-electron chi connectivity index (χ0n) is 15.7. The van der Waals surface area contributed by atoms with E-state index in [4.69, 9.17) is 4.74 Å². The molecule has 2 fully saturated rings. The number of amides is 2. The van der Waals surface area contributed by atoms with Crippen LogP contribution >= 0.6 is 12.4 Å². The van der Waals surface area contributed by atoms with Crippen LogP contribution in [0.25, 0.3) is 0 Å². The molecular weight excluding hydrogens is 366 g/mol. The SMILES string of the molecule is CC(C(=O)N1CCCCC1C(=O)Nc1ccc2c(c1)CCO2)C1CNC1.Cl. The molecule has 2 unspecified atom stereocenters. The number of nitrogens with zero attached hydrogens (tertiary/aromatic N) is 1. The molecule has 1 aromatic carbocycles. The monoisotopic (exact) mass is 393 g/mol. The van der Waals surface area contributed by atoms with Crippen molar-refractivity contribution < 1.29 is 14.3 Å². The predicted molar refractivity (Wildman–Crippen MR) is 106 cm³/mol. The number of anilines is 1. The number of piperidine rings is 1. The zero-order chi connectivity index (χ0) is 18.1. The van der Waals surface area contributed by atoms with Crippen molar-refractivity contribution in [2.24, 2.45) is 11.8 Å². The van der Waals surface area contributed by atoms with Gasteiger partial charge >= 0.3 is 0 Å². The van der Waals surface area contributed by atoms with Crippen LogP contribution in [0.1, 0.15) is 31.7 Å². The molecule has 3 aliphatic heterocycles. The van der Waals surface area contributed by atoms with Gasteiger partial charge in [0.25, 0.3) is 0 Å². The van der Waals surface area contributed by atoms with E-state index >= 15 is 0 Å². The first-order chi connectivity index (χ1) is 12.6. The summed E-state index contributed by atoms with van der Waals surface area (Å²) in [7, 11) is 0. The third-order valence-corrected chi connectivity index (χ3v) is 5.96. The maximum atomic E-state index is 13.0. The Kier molecular flexibility index (Phi) is 6.27. The lowest BCUT2D eigenvalue weighted by atomic mass is 9.86. The number of carbonyl (C=O) groups is 2. The maximum Gasteiger partial charge on any atom is 0.247 e. The fourth-order valence-electron chi connectivity index (χ4n) is 4.09. The van der Waals surface area contributed by atoms with Gasteiger partial charge in [0.1, 0.15) is 11.8 Å². The summed E-state index contributed by atoms with van der Waals surface area (Å²) in [6.07, 6.45) is 3.57. The highest BCUT2D eigenvalue weighted by Crippen LogP contribution is 2.29. The lowest BCUT2D eigenvalue weighted by molar-refractivity contribution is -0.145. The van der Waals surface area contributed by atoms with Gasteiger partial charge in [0.15, 0.2) is 0 Å². The van der Waals surface area contributed by atoms with E-state index in [1.165, 1.54) is 0 Å². The van der Waals surface area contributed by atoms with Crippen molar-refractivity contribution in [3.05, 3.63) is 23.8 Å². The number of fused-ring (bicyclic) bond motifs is 1. The molecule has 2 atom stereocenters. The molecule has 0 spiro atoms. The smallest absolute Gasteiger partial charge is 0.247 e. The van der Waals surface area contributed by atoms with Crippen molar-refractivity contribution >= 4 is 29.9 Å². The van der Waals surface area contributed by atoms with Crippen LogP contribution in [-0.4, -0.2) is 49.0 Å². The number of rotatable bonds is 4. The third-order valence-electron chi connectivity index (χ3n) is 5.96. The summed E-state index contributed by atoms with van der Waals surface area (Å²) in [5.41, 5.74) is 1.92. The topological polar surface area (TPSA) is 70.7 Å². The summed E-state index contributed by atoms with van der Waals surface area (Å²) in [5.74, 6) is 1.32. The standard InChI is InChI=1S/C20H27N3O3.ClH/c1-13(15-11-21-12-15)20(25)23-8-3-2-4-17(23)19(24)22-16-5-6-18-14(10-16)7-9-26-18;/h5-6,10,13,15,17,21H,2-4,7-9,11-12H2,1H3,(H,22,24);1H. The van der Waals surface area contributed by atoms with E-state index in [1.54, 1.807) is 0 Å². The van der Waals surface area contributed by atoms with Gasteiger partial charge < -0.3 is 20.3 Å². The molecule has 0 saturated carbocycles. The van der Waals surface area contributed by atoms with E-state index in [2.05, 4.69) is 10.6 Å². The van der Waals surface area contributed by atoms with E-state index in [9.17, 15) is 9.59 Å². The normalized spacial score (nSPS) is 22.7. The van der Waals surface area contributed by atoms with E-state index in [-0.39, 0.29) is 36.2 Å². The largest absolute Gasteiger partial charge is 0.493 e. The molecule has 2 saturated heterocycles. The van der Waals surface area contributed by atoms with Crippen molar-refractivity contribution in [2.45, 2.75) is 38.6 Å². The molecule has 27 heavy (non-hydrogen) atoms. The molecule has 4 rings (SSSR count). The van der Waals surface area contributed by atoms with Crippen LogP contribution in [-0.2, 0) is 16.0 Å². The number of benzene rings is 1. The Balaban J connectivity index is 0.00000210. The van der Waals surface area contributed by atoms with Crippen LogP contribution in [0.15, 0.2) is 18.2 Å². The Bertz CT molecular complexity index is 708. The van der Waals surface area contributed by atoms with E-state index in [1.807, 2.05) is 30.0 Å². The molecule has 2 N–H and O–H groups in total. The van der Waals surface area contributed by atoms with Crippen molar-refractivity contribution in [1.29, 1.82) is 0 Å². The van der Waals surface area contributed by atoms with Gasteiger partial charge in [-0.3, -0.25) is 9.59 Å².